The summed E-state index contributed by atoms with van der Waals surface area (Å²) in [7, 11) is -2.57. The maximum absolute atomic E-state index is 14.0. The quantitative estimate of drug-likeness (QED) is 0.445. The number of benzene rings is 2. The summed E-state index contributed by atoms with van der Waals surface area (Å²) in [6.07, 6.45) is 4.76. The zero-order valence-corrected chi connectivity index (χ0v) is 24.6. The van der Waals surface area contributed by atoms with Gasteiger partial charge >= 0.3 is 0 Å². The zero-order chi connectivity index (χ0) is 29.0. The van der Waals surface area contributed by atoms with Crippen molar-refractivity contribution >= 4 is 49.9 Å². The highest BCUT2D eigenvalue weighted by atomic mass is 35.5. The fraction of sp³-hybridized carbons (Fsp3) is 0.414. The van der Waals surface area contributed by atoms with Gasteiger partial charge in [0.25, 0.3) is 0 Å². The lowest BCUT2D eigenvalue weighted by atomic mass is 9.85. The summed E-state index contributed by atoms with van der Waals surface area (Å²) in [6, 6.07) is 14.0. The van der Waals surface area contributed by atoms with Crippen molar-refractivity contribution in [1.82, 2.24) is 19.1 Å². The number of carbonyl (C=O) groups is 2. The molecule has 216 valence electrons. The Labute approximate surface area is 244 Å². The molecule has 41 heavy (non-hydrogen) atoms. The summed E-state index contributed by atoms with van der Waals surface area (Å²) in [4.78, 5) is 37.1. The number of methoxy groups -OCH3 is 1. The summed E-state index contributed by atoms with van der Waals surface area (Å²) >= 11 is 6.10. The molecule has 6 rings (SSSR count). The first kappa shape index (κ1) is 27.9. The van der Waals surface area contributed by atoms with E-state index in [1.54, 1.807) is 52.5 Å². The molecule has 3 fully saturated rings. The van der Waals surface area contributed by atoms with Gasteiger partial charge in [-0.25, -0.2) is 8.42 Å². The number of piperazine rings is 1. The standard InChI is InChI=1S/C29H32ClN5O5S/c1-21(36)35-28(9-13-32(14-10-28)25-7-11-31-12-8-25)18-34-27(37)17-33(19-29(34,35)20-40-2)41(38,39)26-6-4-22-15-24(30)5-3-23(22)16-26/h3-8,11-12,15-16H,9-10,13-14,17-20H2,1-2H3. The van der Waals surface area contributed by atoms with Gasteiger partial charge in [0, 0.05) is 56.8 Å². The molecule has 0 saturated carbocycles. The van der Waals surface area contributed by atoms with Crippen LogP contribution in [0.2, 0.25) is 5.02 Å². The Morgan fingerprint density at radius 3 is 2.39 bits per heavy atom. The minimum atomic E-state index is -4.08. The van der Waals surface area contributed by atoms with Gasteiger partial charge < -0.3 is 19.4 Å². The van der Waals surface area contributed by atoms with Crippen LogP contribution in [0.4, 0.5) is 5.69 Å². The second kappa shape index (κ2) is 10.2. The maximum atomic E-state index is 14.0. The summed E-state index contributed by atoms with van der Waals surface area (Å²) in [5, 5.41) is 2.09. The average Bonchev–Trinajstić information content (AvgIpc) is 3.23. The van der Waals surface area contributed by atoms with Crippen molar-refractivity contribution in [2.45, 2.75) is 35.9 Å². The Balaban J connectivity index is 1.35. The van der Waals surface area contributed by atoms with Crippen LogP contribution < -0.4 is 4.90 Å². The normalized spacial score (nSPS) is 22.9. The van der Waals surface area contributed by atoms with Gasteiger partial charge in [-0.1, -0.05) is 23.7 Å². The molecule has 3 saturated heterocycles. The summed E-state index contributed by atoms with van der Waals surface area (Å²) in [5.41, 5.74) is -0.838. The number of rotatable bonds is 5. The van der Waals surface area contributed by atoms with E-state index in [9.17, 15) is 18.0 Å². The molecule has 1 aromatic heterocycles. The Morgan fingerprint density at radius 2 is 1.71 bits per heavy atom. The zero-order valence-electron chi connectivity index (χ0n) is 23.0. The number of nitrogens with zero attached hydrogens (tertiary/aromatic N) is 5. The van der Waals surface area contributed by atoms with Gasteiger partial charge in [0.05, 0.1) is 30.1 Å². The Hall–Kier alpha value is -3.25. The molecular formula is C29H32ClN5O5S. The van der Waals surface area contributed by atoms with Crippen molar-refractivity contribution in [1.29, 1.82) is 0 Å². The third-order valence-corrected chi connectivity index (χ3v) is 10.7. The van der Waals surface area contributed by atoms with E-state index in [1.165, 1.54) is 24.4 Å². The van der Waals surface area contributed by atoms with Crippen LogP contribution in [-0.4, -0.2) is 97.0 Å². The van der Waals surface area contributed by atoms with E-state index in [1.807, 2.05) is 12.1 Å². The van der Waals surface area contributed by atoms with Gasteiger partial charge in [0.2, 0.25) is 21.8 Å². The number of halogens is 1. The van der Waals surface area contributed by atoms with Gasteiger partial charge in [0.15, 0.2) is 5.66 Å². The van der Waals surface area contributed by atoms with E-state index in [0.717, 1.165) is 16.5 Å². The van der Waals surface area contributed by atoms with E-state index in [2.05, 4.69) is 9.88 Å². The van der Waals surface area contributed by atoms with Crippen molar-refractivity contribution < 1.29 is 22.7 Å². The first-order valence-corrected chi connectivity index (χ1v) is 15.4. The van der Waals surface area contributed by atoms with Crippen LogP contribution in [0.15, 0.2) is 65.8 Å². The summed E-state index contributed by atoms with van der Waals surface area (Å²) in [6.45, 7) is 2.80. The Kier molecular flexibility index (Phi) is 6.96. The molecular weight excluding hydrogens is 566 g/mol. The molecule has 1 spiro atoms. The number of anilines is 1. The van der Waals surface area contributed by atoms with E-state index in [4.69, 9.17) is 16.3 Å². The Bertz CT molecular complexity index is 1610. The molecule has 0 N–H and O–H groups in total. The summed E-state index contributed by atoms with van der Waals surface area (Å²) < 4.78 is 34.8. The fourth-order valence-electron chi connectivity index (χ4n) is 6.96. The number of aromatic nitrogens is 1. The predicted octanol–water partition coefficient (Wildman–Crippen LogP) is 2.97. The third kappa shape index (κ3) is 4.55. The first-order chi connectivity index (χ1) is 19.6. The van der Waals surface area contributed by atoms with Crippen molar-refractivity contribution in [3.63, 3.8) is 0 Å². The van der Waals surface area contributed by atoms with Crippen LogP contribution in [0, 0.1) is 0 Å². The van der Waals surface area contributed by atoms with Crippen molar-refractivity contribution in [2.75, 3.05) is 51.3 Å². The predicted molar refractivity (Wildman–Crippen MR) is 155 cm³/mol. The number of hydrogen-bond donors (Lipinski definition) is 0. The molecule has 1 atom stereocenters. The van der Waals surface area contributed by atoms with Crippen LogP contribution in [0.3, 0.4) is 0 Å². The number of pyridine rings is 1. The number of sulfonamides is 1. The molecule has 3 aromatic rings. The first-order valence-electron chi connectivity index (χ1n) is 13.5. The SMILES string of the molecule is COCC12CN(S(=O)(=O)c3ccc4cc(Cl)ccc4c3)CC(=O)N1CC1(CCN(c3ccncc3)CC1)N2C(C)=O. The number of amides is 2. The lowest BCUT2D eigenvalue weighted by Gasteiger charge is -2.52. The monoisotopic (exact) mass is 597 g/mol. The van der Waals surface area contributed by atoms with E-state index in [0.29, 0.717) is 37.5 Å². The maximum Gasteiger partial charge on any atom is 0.243 e. The van der Waals surface area contributed by atoms with Gasteiger partial charge in [-0.15, -0.1) is 0 Å². The van der Waals surface area contributed by atoms with Crippen LogP contribution in [0.1, 0.15) is 19.8 Å². The highest BCUT2D eigenvalue weighted by molar-refractivity contribution is 7.89. The van der Waals surface area contributed by atoms with Crippen LogP contribution in [-0.2, 0) is 24.3 Å². The van der Waals surface area contributed by atoms with Crippen LogP contribution in [0.5, 0.6) is 0 Å². The lowest BCUT2D eigenvalue weighted by Crippen LogP contribution is -2.71. The molecule has 10 nitrogen and oxygen atoms in total. The molecule has 12 heteroatoms. The van der Waals surface area contributed by atoms with Crippen molar-refractivity contribution in [3.8, 4) is 0 Å². The molecule has 1 unspecified atom stereocenters. The average molecular weight is 598 g/mol. The van der Waals surface area contributed by atoms with Gasteiger partial charge in [-0.2, -0.15) is 4.31 Å². The minimum absolute atomic E-state index is 0.00359. The number of piperidine rings is 1. The molecule has 2 amide bonds. The molecule has 0 radical (unpaired) electrons. The number of carbonyl (C=O) groups excluding carboxylic acids is 2. The second-order valence-corrected chi connectivity index (χ2v) is 13.5. The van der Waals surface area contributed by atoms with Crippen LogP contribution in [0.25, 0.3) is 10.8 Å². The van der Waals surface area contributed by atoms with Crippen molar-refractivity contribution in [3.05, 3.63) is 65.9 Å². The van der Waals surface area contributed by atoms with Crippen molar-refractivity contribution in [2.24, 2.45) is 0 Å². The fourth-order valence-corrected chi connectivity index (χ4v) is 8.62. The lowest BCUT2D eigenvalue weighted by molar-refractivity contribution is -0.163. The Morgan fingerprint density at radius 1 is 1.02 bits per heavy atom. The topological polar surface area (TPSA) is 103 Å². The minimum Gasteiger partial charge on any atom is -0.380 e. The largest absolute Gasteiger partial charge is 0.380 e. The van der Waals surface area contributed by atoms with Gasteiger partial charge in [-0.3, -0.25) is 14.6 Å². The number of fused-ring (bicyclic) bond motifs is 2. The second-order valence-electron chi connectivity index (χ2n) is 11.1. The molecule has 0 aliphatic carbocycles. The number of ether oxygens (including phenoxy) is 1. The van der Waals surface area contributed by atoms with Crippen LogP contribution >= 0.6 is 11.6 Å². The highest BCUT2D eigenvalue weighted by Crippen LogP contribution is 2.47. The third-order valence-electron chi connectivity index (χ3n) is 8.71. The molecule has 3 aliphatic heterocycles. The molecule has 3 aliphatic rings. The molecule has 2 aromatic carbocycles. The number of hydrogen-bond acceptors (Lipinski definition) is 7. The van der Waals surface area contributed by atoms with E-state index >= 15 is 0 Å². The molecule has 0 bridgehead atoms. The van der Waals surface area contributed by atoms with E-state index < -0.39 is 21.2 Å². The highest BCUT2D eigenvalue weighted by Gasteiger charge is 2.65. The van der Waals surface area contributed by atoms with Gasteiger partial charge in [0.1, 0.15) is 0 Å². The van der Waals surface area contributed by atoms with Gasteiger partial charge in [-0.05, 0) is 60.0 Å². The smallest absolute Gasteiger partial charge is 0.243 e. The molecule has 4 heterocycles. The summed E-state index contributed by atoms with van der Waals surface area (Å²) in [5.74, 6) is -0.555. The van der Waals surface area contributed by atoms with E-state index in [-0.39, 0.29) is 36.4 Å².